The van der Waals surface area contributed by atoms with E-state index >= 15 is 0 Å². The van der Waals surface area contributed by atoms with Crippen molar-refractivity contribution in [1.29, 1.82) is 0 Å². The third kappa shape index (κ3) is 6.73. The molecule has 0 aliphatic rings. The molecule has 0 fully saturated rings. The second-order valence-corrected chi connectivity index (χ2v) is 5.70. The van der Waals surface area contributed by atoms with Crippen molar-refractivity contribution < 1.29 is 17.6 Å². The molecule has 1 rings (SSSR count). The Balaban J connectivity index is 2.24. The van der Waals surface area contributed by atoms with Gasteiger partial charge in [-0.05, 0) is 6.07 Å². The minimum absolute atomic E-state index is 0.0675. The smallest absolute Gasteiger partial charge is 0.315 e. The molecule has 1 aromatic carbocycles. The molecule has 106 valence electrons. The molecule has 0 bridgehead atoms. The lowest BCUT2D eigenvalue weighted by molar-refractivity contribution is 0.240. The van der Waals surface area contributed by atoms with Gasteiger partial charge in [0.15, 0.2) is 0 Å². The fourth-order valence-corrected chi connectivity index (χ4v) is 1.77. The average molecular weight is 289 g/mol. The third-order valence-corrected chi connectivity index (χ3v) is 2.90. The Morgan fingerprint density at radius 3 is 2.53 bits per heavy atom. The van der Waals surface area contributed by atoms with Crippen molar-refractivity contribution in [3.05, 3.63) is 35.6 Å². The van der Waals surface area contributed by atoms with Crippen molar-refractivity contribution in [3.63, 3.8) is 0 Å². The molecule has 1 aromatic rings. The summed E-state index contributed by atoms with van der Waals surface area (Å²) in [7, 11) is -3.25. The Morgan fingerprint density at radius 1 is 1.21 bits per heavy atom. The number of hydrogen-bond donors (Lipinski definition) is 3. The lowest BCUT2D eigenvalue weighted by atomic mass is 10.2. The van der Waals surface area contributed by atoms with Gasteiger partial charge in [-0.3, -0.25) is 0 Å². The zero-order valence-electron chi connectivity index (χ0n) is 10.4. The fraction of sp³-hybridized carbons (Fsp3) is 0.364. The van der Waals surface area contributed by atoms with Crippen LogP contribution in [0.4, 0.5) is 9.18 Å². The van der Waals surface area contributed by atoms with Gasteiger partial charge in [0.25, 0.3) is 0 Å². The predicted octanol–water partition coefficient (Wildman–Crippen LogP) is 0.174. The molecule has 19 heavy (non-hydrogen) atoms. The highest BCUT2D eigenvalue weighted by Crippen LogP contribution is 2.04. The summed E-state index contributed by atoms with van der Waals surface area (Å²) in [6.07, 6.45) is 1.03. The van der Waals surface area contributed by atoms with Gasteiger partial charge >= 0.3 is 6.03 Å². The normalized spacial score (nSPS) is 11.1. The first-order valence-corrected chi connectivity index (χ1v) is 7.47. The van der Waals surface area contributed by atoms with E-state index in [1.54, 1.807) is 18.2 Å². The van der Waals surface area contributed by atoms with Gasteiger partial charge in [-0.2, -0.15) is 0 Å². The number of halogens is 1. The molecule has 6 nitrogen and oxygen atoms in total. The maximum absolute atomic E-state index is 13.2. The van der Waals surface area contributed by atoms with Crippen LogP contribution >= 0.6 is 0 Å². The Morgan fingerprint density at radius 2 is 1.89 bits per heavy atom. The molecule has 0 atom stereocenters. The maximum Gasteiger partial charge on any atom is 0.315 e. The Kier molecular flexibility index (Phi) is 5.71. The highest BCUT2D eigenvalue weighted by Gasteiger charge is 2.04. The fourth-order valence-electron chi connectivity index (χ4n) is 1.29. The van der Waals surface area contributed by atoms with Crippen LogP contribution in [0.2, 0.25) is 0 Å². The summed E-state index contributed by atoms with van der Waals surface area (Å²) in [5, 5.41) is 4.92. The third-order valence-electron chi connectivity index (χ3n) is 2.17. The first kappa shape index (κ1) is 15.4. The zero-order valence-corrected chi connectivity index (χ0v) is 11.3. The van der Waals surface area contributed by atoms with Gasteiger partial charge in [0.1, 0.15) is 5.82 Å². The van der Waals surface area contributed by atoms with Crippen LogP contribution in [-0.4, -0.2) is 33.8 Å². The van der Waals surface area contributed by atoms with Crippen LogP contribution in [0, 0.1) is 5.82 Å². The van der Waals surface area contributed by atoms with Crippen LogP contribution in [-0.2, 0) is 16.6 Å². The first-order chi connectivity index (χ1) is 8.88. The van der Waals surface area contributed by atoms with E-state index in [4.69, 9.17) is 0 Å². The van der Waals surface area contributed by atoms with Gasteiger partial charge in [-0.25, -0.2) is 22.3 Å². The van der Waals surface area contributed by atoms with Crippen molar-refractivity contribution in [1.82, 2.24) is 15.4 Å². The molecule has 0 aliphatic carbocycles. The summed E-state index contributed by atoms with van der Waals surface area (Å²) in [6, 6.07) is 5.63. The number of sulfonamides is 1. The number of amides is 2. The number of carbonyl (C=O) groups excluding carboxylic acids is 1. The van der Waals surface area contributed by atoms with E-state index in [2.05, 4.69) is 15.4 Å². The van der Waals surface area contributed by atoms with Gasteiger partial charge in [-0.15, -0.1) is 0 Å². The van der Waals surface area contributed by atoms with Crippen LogP contribution < -0.4 is 15.4 Å². The molecule has 0 unspecified atom stereocenters. The number of rotatable bonds is 6. The Bertz CT molecular complexity index is 534. The number of urea groups is 1. The van der Waals surface area contributed by atoms with Gasteiger partial charge < -0.3 is 10.6 Å². The highest BCUT2D eigenvalue weighted by molar-refractivity contribution is 7.88. The lowest BCUT2D eigenvalue weighted by Gasteiger charge is -2.08. The summed E-state index contributed by atoms with van der Waals surface area (Å²) in [4.78, 5) is 11.3. The number of benzene rings is 1. The van der Waals surface area contributed by atoms with Gasteiger partial charge in [-0.1, -0.05) is 18.2 Å². The molecule has 0 aromatic heterocycles. The Labute approximate surface area is 111 Å². The monoisotopic (exact) mass is 289 g/mol. The lowest BCUT2D eigenvalue weighted by Crippen LogP contribution is -2.39. The number of carbonyl (C=O) groups is 1. The second kappa shape index (κ2) is 7.05. The molecule has 0 radical (unpaired) electrons. The minimum Gasteiger partial charge on any atom is -0.337 e. The van der Waals surface area contributed by atoms with E-state index in [0.29, 0.717) is 5.56 Å². The van der Waals surface area contributed by atoms with Gasteiger partial charge in [0.05, 0.1) is 6.26 Å². The average Bonchev–Trinajstić information content (AvgIpc) is 2.32. The quantitative estimate of drug-likeness (QED) is 0.653. The maximum atomic E-state index is 13.2. The van der Waals surface area contributed by atoms with Crippen LogP contribution in [0.15, 0.2) is 24.3 Å². The minimum atomic E-state index is -3.25. The Hall–Kier alpha value is -1.67. The molecule has 0 saturated carbocycles. The summed E-state index contributed by atoms with van der Waals surface area (Å²) < 4.78 is 36.9. The molecular formula is C11H16FN3O3S. The highest BCUT2D eigenvalue weighted by atomic mass is 32.2. The largest absolute Gasteiger partial charge is 0.337 e. The summed E-state index contributed by atoms with van der Waals surface area (Å²) in [5.41, 5.74) is 0.381. The summed E-state index contributed by atoms with van der Waals surface area (Å²) in [5.74, 6) is -0.387. The molecule has 3 N–H and O–H groups in total. The summed E-state index contributed by atoms with van der Waals surface area (Å²) >= 11 is 0. The zero-order chi connectivity index (χ0) is 14.3. The molecule has 0 aliphatic heterocycles. The number of nitrogens with one attached hydrogen (secondary N) is 3. The second-order valence-electron chi connectivity index (χ2n) is 3.87. The molecule has 0 saturated heterocycles. The molecule has 0 heterocycles. The van der Waals surface area contributed by atoms with Crippen molar-refractivity contribution in [2.75, 3.05) is 19.3 Å². The van der Waals surface area contributed by atoms with E-state index < -0.39 is 16.1 Å². The van der Waals surface area contributed by atoms with Gasteiger partial charge in [0, 0.05) is 25.2 Å². The van der Waals surface area contributed by atoms with Crippen molar-refractivity contribution >= 4 is 16.1 Å². The SMILES string of the molecule is CS(=O)(=O)NCCNC(=O)NCc1ccccc1F. The van der Waals surface area contributed by atoms with Crippen LogP contribution in [0.25, 0.3) is 0 Å². The number of hydrogen-bond acceptors (Lipinski definition) is 3. The standard InChI is InChI=1S/C11H16FN3O3S/c1-19(17,18)15-7-6-13-11(16)14-8-9-4-2-3-5-10(9)12/h2-5,15H,6-8H2,1H3,(H2,13,14,16). The molecule has 8 heteroatoms. The van der Waals surface area contributed by atoms with Crippen LogP contribution in [0.5, 0.6) is 0 Å². The van der Waals surface area contributed by atoms with Crippen LogP contribution in [0.3, 0.4) is 0 Å². The van der Waals surface area contributed by atoms with Gasteiger partial charge in [0.2, 0.25) is 10.0 Å². The van der Waals surface area contributed by atoms with E-state index in [-0.39, 0.29) is 25.5 Å². The summed E-state index contributed by atoms with van der Waals surface area (Å²) in [6.45, 7) is 0.320. The molecular weight excluding hydrogens is 273 g/mol. The van der Waals surface area contributed by atoms with Crippen molar-refractivity contribution in [2.45, 2.75) is 6.54 Å². The first-order valence-electron chi connectivity index (χ1n) is 5.58. The molecule has 0 spiro atoms. The van der Waals surface area contributed by atoms with E-state index in [1.165, 1.54) is 6.07 Å². The molecule has 2 amide bonds. The topological polar surface area (TPSA) is 87.3 Å². The van der Waals surface area contributed by atoms with Crippen LogP contribution in [0.1, 0.15) is 5.56 Å². The predicted molar refractivity (Wildman–Crippen MR) is 69.5 cm³/mol. The van der Waals surface area contributed by atoms with Crippen molar-refractivity contribution in [2.24, 2.45) is 0 Å². The van der Waals surface area contributed by atoms with E-state index in [9.17, 15) is 17.6 Å². The van der Waals surface area contributed by atoms with E-state index in [1.807, 2.05) is 0 Å². The van der Waals surface area contributed by atoms with E-state index in [0.717, 1.165) is 6.26 Å². The van der Waals surface area contributed by atoms with Crippen molar-refractivity contribution in [3.8, 4) is 0 Å².